The highest BCUT2D eigenvalue weighted by Gasteiger charge is 2.29. The van der Waals surface area contributed by atoms with Crippen LogP contribution in [-0.2, 0) is 0 Å². The number of thiocarbonyl (C=S) groups is 1. The fraction of sp³-hybridized carbons (Fsp3) is 0.400. The Bertz CT molecular complexity index is 748. The molecular weight excluding hydrogens is 310 g/mol. The molecule has 0 radical (unpaired) electrons. The fourth-order valence-electron chi connectivity index (χ4n) is 2.75. The maximum Gasteiger partial charge on any atom is 0.197 e. The average molecular weight is 327 g/mol. The van der Waals surface area contributed by atoms with Gasteiger partial charge >= 0.3 is 0 Å². The molecule has 2 aromatic rings. The monoisotopic (exact) mass is 327 g/mol. The number of nitriles is 1. The lowest BCUT2D eigenvalue weighted by Crippen LogP contribution is -2.43. The third-order valence-corrected chi connectivity index (χ3v) is 4.35. The zero-order chi connectivity index (χ0) is 16.2. The van der Waals surface area contributed by atoms with E-state index in [1.165, 1.54) is 4.80 Å². The van der Waals surface area contributed by atoms with Crippen LogP contribution in [0.5, 0.6) is 0 Å². The molecule has 8 heteroatoms. The van der Waals surface area contributed by atoms with E-state index in [0.717, 1.165) is 31.5 Å². The van der Waals surface area contributed by atoms with E-state index in [-0.39, 0.29) is 6.04 Å². The van der Waals surface area contributed by atoms with Gasteiger partial charge in [-0.2, -0.15) is 5.26 Å². The lowest BCUT2D eigenvalue weighted by atomic mass is 10.0. The molecule has 1 fully saturated rings. The SMILES string of the molecule is CNC(=S)N1CCCC[C@@H]1c1nnn(-c2cccc(C#N)c2)n1. The molecule has 0 saturated carbocycles. The van der Waals surface area contributed by atoms with Crippen LogP contribution < -0.4 is 5.32 Å². The molecule has 1 saturated heterocycles. The van der Waals surface area contributed by atoms with Crippen LogP contribution in [0, 0.1) is 11.3 Å². The summed E-state index contributed by atoms with van der Waals surface area (Å²) in [5, 5.41) is 25.6. The van der Waals surface area contributed by atoms with Crippen LogP contribution >= 0.6 is 12.2 Å². The number of rotatable bonds is 2. The van der Waals surface area contributed by atoms with E-state index in [1.54, 1.807) is 18.2 Å². The molecule has 0 spiro atoms. The zero-order valence-corrected chi connectivity index (χ0v) is 13.6. The molecule has 2 heterocycles. The van der Waals surface area contributed by atoms with E-state index >= 15 is 0 Å². The van der Waals surface area contributed by atoms with Gasteiger partial charge in [0.05, 0.1) is 23.4 Å². The molecule has 3 rings (SSSR count). The summed E-state index contributed by atoms with van der Waals surface area (Å²) in [6, 6.07) is 9.29. The molecule has 23 heavy (non-hydrogen) atoms. The Balaban J connectivity index is 1.88. The fourth-order valence-corrected chi connectivity index (χ4v) is 2.97. The highest BCUT2D eigenvalue weighted by atomic mass is 32.1. The van der Waals surface area contributed by atoms with Gasteiger partial charge in [0.1, 0.15) is 0 Å². The van der Waals surface area contributed by atoms with Crippen LogP contribution in [0.15, 0.2) is 24.3 Å². The Labute approximate surface area is 139 Å². The summed E-state index contributed by atoms with van der Waals surface area (Å²) in [5.41, 5.74) is 1.29. The first-order chi connectivity index (χ1) is 11.2. The second-order valence-corrected chi connectivity index (χ2v) is 5.75. The lowest BCUT2D eigenvalue weighted by Gasteiger charge is -2.35. The summed E-state index contributed by atoms with van der Waals surface area (Å²) in [6.45, 7) is 0.892. The maximum atomic E-state index is 9.00. The van der Waals surface area contributed by atoms with Crippen LogP contribution in [-0.4, -0.2) is 43.8 Å². The maximum absolute atomic E-state index is 9.00. The summed E-state index contributed by atoms with van der Waals surface area (Å²) in [4.78, 5) is 3.58. The molecule has 118 valence electrons. The number of nitrogens with zero attached hydrogens (tertiary/aromatic N) is 6. The number of benzene rings is 1. The van der Waals surface area contributed by atoms with Gasteiger partial charge in [0.15, 0.2) is 10.9 Å². The van der Waals surface area contributed by atoms with Crippen molar-refractivity contribution in [2.24, 2.45) is 0 Å². The van der Waals surface area contributed by atoms with Crippen molar-refractivity contribution in [3.8, 4) is 11.8 Å². The van der Waals surface area contributed by atoms with Crippen LogP contribution in [0.4, 0.5) is 0 Å². The second kappa shape index (κ2) is 6.71. The van der Waals surface area contributed by atoms with E-state index in [1.807, 2.05) is 13.1 Å². The van der Waals surface area contributed by atoms with Crippen LogP contribution in [0.25, 0.3) is 5.69 Å². The molecule has 0 aliphatic carbocycles. The van der Waals surface area contributed by atoms with Gasteiger partial charge in [0, 0.05) is 13.6 Å². The normalized spacial score (nSPS) is 17.6. The van der Waals surface area contributed by atoms with Gasteiger partial charge in [0.25, 0.3) is 0 Å². The first kappa shape index (κ1) is 15.4. The first-order valence-corrected chi connectivity index (χ1v) is 7.92. The lowest BCUT2D eigenvalue weighted by molar-refractivity contribution is 0.233. The van der Waals surface area contributed by atoms with Crippen molar-refractivity contribution in [2.75, 3.05) is 13.6 Å². The Kier molecular flexibility index (Phi) is 4.48. The third-order valence-electron chi connectivity index (χ3n) is 3.91. The van der Waals surface area contributed by atoms with Gasteiger partial charge in [-0.1, -0.05) is 6.07 Å². The van der Waals surface area contributed by atoms with Crippen molar-refractivity contribution in [2.45, 2.75) is 25.3 Å². The number of nitrogens with one attached hydrogen (secondary N) is 1. The second-order valence-electron chi connectivity index (χ2n) is 5.36. The Hall–Kier alpha value is -2.53. The summed E-state index contributed by atoms with van der Waals surface area (Å²) in [5.74, 6) is 0.657. The molecule has 1 N–H and O–H groups in total. The van der Waals surface area contributed by atoms with Crippen molar-refractivity contribution in [3.05, 3.63) is 35.7 Å². The van der Waals surface area contributed by atoms with E-state index < -0.39 is 0 Å². The molecule has 1 atom stereocenters. The minimum absolute atomic E-state index is 0.0385. The third kappa shape index (κ3) is 3.14. The van der Waals surface area contributed by atoms with E-state index in [9.17, 15) is 0 Å². The number of tetrazole rings is 1. The van der Waals surface area contributed by atoms with Crippen molar-refractivity contribution < 1.29 is 0 Å². The largest absolute Gasteiger partial charge is 0.366 e. The van der Waals surface area contributed by atoms with Crippen LogP contribution in [0.2, 0.25) is 0 Å². The number of aromatic nitrogens is 4. The number of hydrogen-bond acceptors (Lipinski definition) is 5. The summed E-state index contributed by atoms with van der Waals surface area (Å²) >= 11 is 5.38. The Morgan fingerprint density at radius 2 is 2.30 bits per heavy atom. The first-order valence-electron chi connectivity index (χ1n) is 7.51. The quantitative estimate of drug-likeness (QED) is 0.838. The molecular formula is C15H17N7S. The number of hydrogen-bond donors (Lipinski definition) is 1. The zero-order valence-electron chi connectivity index (χ0n) is 12.8. The van der Waals surface area contributed by atoms with Crippen LogP contribution in [0.3, 0.4) is 0 Å². The van der Waals surface area contributed by atoms with Gasteiger partial charge in [0.2, 0.25) is 0 Å². The predicted octanol–water partition coefficient (Wildman–Crippen LogP) is 1.57. The highest BCUT2D eigenvalue weighted by molar-refractivity contribution is 7.80. The van der Waals surface area contributed by atoms with E-state index in [2.05, 4.69) is 31.7 Å². The van der Waals surface area contributed by atoms with Gasteiger partial charge in [-0.3, -0.25) is 0 Å². The topological polar surface area (TPSA) is 82.7 Å². The van der Waals surface area contributed by atoms with E-state index in [0.29, 0.717) is 16.5 Å². The van der Waals surface area contributed by atoms with Crippen LogP contribution in [0.1, 0.15) is 36.7 Å². The van der Waals surface area contributed by atoms with Gasteiger partial charge in [-0.25, -0.2) is 0 Å². The molecule has 1 aliphatic heterocycles. The molecule has 1 aromatic carbocycles. The average Bonchev–Trinajstić information content (AvgIpc) is 3.11. The molecule has 1 aliphatic rings. The summed E-state index contributed by atoms with van der Waals surface area (Å²) in [6.07, 6.45) is 3.17. The minimum atomic E-state index is 0.0385. The summed E-state index contributed by atoms with van der Waals surface area (Å²) in [7, 11) is 1.83. The van der Waals surface area contributed by atoms with E-state index in [4.69, 9.17) is 17.5 Å². The summed E-state index contributed by atoms with van der Waals surface area (Å²) < 4.78 is 0. The van der Waals surface area contributed by atoms with Crippen molar-refractivity contribution >= 4 is 17.3 Å². The smallest absolute Gasteiger partial charge is 0.197 e. The molecule has 0 amide bonds. The molecule has 7 nitrogen and oxygen atoms in total. The van der Waals surface area contributed by atoms with Gasteiger partial charge < -0.3 is 10.2 Å². The Morgan fingerprint density at radius 3 is 3.09 bits per heavy atom. The van der Waals surface area contributed by atoms with Gasteiger partial charge in [-0.15, -0.1) is 15.0 Å². The minimum Gasteiger partial charge on any atom is -0.366 e. The molecule has 1 aromatic heterocycles. The predicted molar refractivity (Wildman–Crippen MR) is 88.8 cm³/mol. The molecule has 0 unspecified atom stereocenters. The number of likely N-dealkylation sites (tertiary alicyclic amines) is 1. The van der Waals surface area contributed by atoms with Crippen molar-refractivity contribution in [1.29, 1.82) is 5.26 Å². The van der Waals surface area contributed by atoms with Crippen molar-refractivity contribution in [3.63, 3.8) is 0 Å². The standard InChI is InChI=1S/C15H17N7S/c1-17-15(23)21-8-3-2-7-13(21)14-18-20-22(19-14)12-6-4-5-11(9-12)10-16/h4-6,9,13H,2-3,7-8H2,1H3,(H,17,23)/t13-/m1/s1. The molecule has 0 bridgehead atoms. The van der Waals surface area contributed by atoms with Crippen molar-refractivity contribution in [1.82, 2.24) is 30.4 Å². The van der Waals surface area contributed by atoms with Gasteiger partial charge in [-0.05, 0) is 54.9 Å². The Morgan fingerprint density at radius 1 is 1.43 bits per heavy atom. The number of piperidine rings is 1. The highest BCUT2D eigenvalue weighted by Crippen LogP contribution is 2.28.